The van der Waals surface area contributed by atoms with Crippen molar-refractivity contribution in [3.05, 3.63) is 11.3 Å². The summed E-state index contributed by atoms with van der Waals surface area (Å²) in [5.74, 6) is -2.03. The smallest absolute Gasteiger partial charge is 0.357 e. The van der Waals surface area contributed by atoms with Crippen molar-refractivity contribution in [1.82, 2.24) is 4.90 Å². The van der Waals surface area contributed by atoms with E-state index in [0.29, 0.717) is 0 Å². The van der Waals surface area contributed by atoms with E-state index in [9.17, 15) is 19.5 Å². The Kier molecular flexibility index (Phi) is 5.55. The molecule has 0 spiro atoms. The molecule has 2 heterocycles. The van der Waals surface area contributed by atoms with E-state index >= 15 is 0 Å². The fourth-order valence-electron chi connectivity index (χ4n) is 4.49. The summed E-state index contributed by atoms with van der Waals surface area (Å²) in [6, 6.07) is -0.250. The van der Waals surface area contributed by atoms with Gasteiger partial charge in [0.15, 0.2) is 0 Å². The lowest BCUT2D eigenvalue weighted by Gasteiger charge is -2.47. The third-order valence-corrected chi connectivity index (χ3v) is 5.83. The van der Waals surface area contributed by atoms with Crippen LogP contribution in [0.1, 0.15) is 47.0 Å². The largest absolute Gasteiger partial charge is 0.427 e. The lowest BCUT2D eigenvalue weighted by atomic mass is 9.72. The molecule has 8 heteroatoms. The highest BCUT2D eigenvalue weighted by Crippen LogP contribution is 2.52. The summed E-state index contributed by atoms with van der Waals surface area (Å²) in [6.45, 7) is 6.19. The highest BCUT2D eigenvalue weighted by molar-refractivity contribution is 6.01. The summed E-state index contributed by atoms with van der Waals surface area (Å²) in [5.41, 5.74) is 0.248. The summed E-state index contributed by atoms with van der Waals surface area (Å²) >= 11 is 0. The number of aliphatic hydroxyl groups excluding tert-OH is 1. The van der Waals surface area contributed by atoms with Crippen LogP contribution in [0.2, 0.25) is 0 Å². The molecule has 3 aliphatic rings. The van der Waals surface area contributed by atoms with Crippen molar-refractivity contribution in [3.8, 4) is 0 Å². The predicted molar refractivity (Wildman–Crippen MR) is 97.5 cm³/mol. The molecular formula is C20H29NO7. The second-order valence-electron chi connectivity index (χ2n) is 8.76. The molecule has 8 nitrogen and oxygen atoms in total. The summed E-state index contributed by atoms with van der Waals surface area (Å²) in [6.07, 6.45) is 1.44. The minimum Gasteiger partial charge on any atom is -0.427 e. The maximum Gasteiger partial charge on any atom is 0.357 e. The number of carbonyl (C=O) groups is 3. The molecule has 1 N–H and O–H groups in total. The van der Waals surface area contributed by atoms with Gasteiger partial charge in [-0.1, -0.05) is 0 Å². The summed E-state index contributed by atoms with van der Waals surface area (Å²) in [5, 5.41) is 10.0. The van der Waals surface area contributed by atoms with Crippen molar-refractivity contribution in [2.45, 2.75) is 65.2 Å². The van der Waals surface area contributed by atoms with E-state index in [1.54, 1.807) is 34.8 Å². The van der Waals surface area contributed by atoms with E-state index in [-0.39, 0.29) is 29.7 Å². The van der Waals surface area contributed by atoms with Crippen LogP contribution in [0.25, 0.3) is 0 Å². The van der Waals surface area contributed by atoms with Crippen molar-refractivity contribution in [1.29, 1.82) is 0 Å². The summed E-state index contributed by atoms with van der Waals surface area (Å²) in [7, 11) is 1.58. The standard InChI is InChI=1S/C20H29NO7/c1-10(22)13-15-11-7-6-8-12(26-5)14(11)16(21(15)17(13)23)18(24)27-9-28-19(25)20(2,3)4/h10-13,15,22H,6-9H2,1-5H3/t10?,11-,12-,13+,15+/m0/s1. The minimum absolute atomic E-state index is 0.0318. The molecule has 1 unspecified atom stereocenters. The molecule has 2 fully saturated rings. The molecule has 0 aromatic heterocycles. The first kappa shape index (κ1) is 20.8. The average Bonchev–Trinajstić information content (AvgIpc) is 2.91. The Morgan fingerprint density at radius 3 is 2.50 bits per heavy atom. The Morgan fingerprint density at radius 2 is 1.93 bits per heavy atom. The number of esters is 2. The lowest BCUT2D eigenvalue weighted by Crippen LogP contribution is -2.64. The molecule has 156 valence electrons. The van der Waals surface area contributed by atoms with Crippen LogP contribution in [0.5, 0.6) is 0 Å². The molecule has 5 atom stereocenters. The first-order chi connectivity index (χ1) is 13.1. The molecule has 2 aliphatic heterocycles. The van der Waals surface area contributed by atoms with Gasteiger partial charge in [-0.05, 0) is 52.5 Å². The number of hydrogen-bond donors (Lipinski definition) is 1. The van der Waals surface area contributed by atoms with Gasteiger partial charge in [-0.3, -0.25) is 9.59 Å². The monoisotopic (exact) mass is 395 g/mol. The Hall–Kier alpha value is -1.93. The van der Waals surface area contributed by atoms with E-state index in [1.807, 2.05) is 0 Å². The van der Waals surface area contributed by atoms with Crippen LogP contribution < -0.4 is 0 Å². The van der Waals surface area contributed by atoms with E-state index < -0.39 is 36.2 Å². The lowest BCUT2D eigenvalue weighted by molar-refractivity contribution is -0.175. The second-order valence-corrected chi connectivity index (χ2v) is 8.76. The maximum absolute atomic E-state index is 12.8. The van der Waals surface area contributed by atoms with Gasteiger partial charge in [0.05, 0.1) is 29.6 Å². The van der Waals surface area contributed by atoms with Crippen LogP contribution in [0.4, 0.5) is 0 Å². The highest BCUT2D eigenvalue weighted by Gasteiger charge is 2.62. The van der Waals surface area contributed by atoms with Gasteiger partial charge in [-0.15, -0.1) is 0 Å². The molecule has 0 aromatic rings. The molecule has 1 aliphatic carbocycles. The van der Waals surface area contributed by atoms with E-state index in [2.05, 4.69) is 0 Å². The fraction of sp³-hybridized carbons (Fsp3) is 0.750. The molecule has 1 amide bonds. The van der Waals surface area contributed by atoms with Gasteiger partial charge in [0.1, 0.15) is 5.70 Å². The maximum atomic E-state index is 12.8. The van der Waals surface area contributed by atoms with Gasteiger partial charge < -0.3 is 24.2 Å². The molecule has 0 bridgehead atoms. The number of rotatable bonds is 5. The zero-order valence-corrected chi connectivity index (χ0v) is 17.1. The van der Waals surface area contributed by atoms with Gasteiger partial charge in [0, 0.05) is 13.0 Å². The van der Waals surface area contributed by atoms with Crippen molar-refractivity contribution in [2.75, 3.05) is 13.9 Å². The Bertz CT molecular complexity index is 706. The van der Waals surface area contributed by atoms with Crippen LogP contribution in [-0.4, -0.2) is 60.0 Å². The van der Waals surface area contributed by atoms with Crippen LogP contribution >= 0.6 is 0 Å². The number of methoxy groups -OCH3 is 1. The number of β-lactam (4-membered cyclic amide) rings is 1. The van der Waals surface area contributed by atoms with Crippen molar-refractivity contribution >= 4 is 17.8 Å². The van der Waals surface area contributed by atoms with Crippen LogP contribution in [0, 0.1) is 17.3 Å². The quantitative estimate of drug-likeness (QED) is 0.426. The van der Waals surface area contributed by atoms with Crippen LogP contribution in [0.3, 0.4) is 0 Å². The Morgan fingerprint density at radius 1 is 1.25 bits per heavy atom. The van der Waals surface area contributed by atoms with E-state index in [4.69, 9.17) is 14.2 Å². The molecular weight excluding hydrogens is 366 g/mol. The number of fused-ring (bicyclic) bond motifs is 3. The van der Waals surface area contributed by atoms with Crippen molar-refractivity contribution < 1.29 is 33.7 Å². The zero-order valence-electron chi connectivity index (χ0n) is 17.1. The third-order valence-electron chi connectivity index (χ3n) is 5.83. The molecule has 0 aromatic carbocycles. The van der Waals surface area contributed by atoms with Gasteiger partial charge in [-0.25, -0.2) is 4.79 Å². The molecule has 0 radical (unpaired) electrons. The predicted octanol–water partition coefficient (Wildman–Crippen LogP) is 1.37. The van der Waals surface area contributed by atoms with Crippen molar-refractivity contribution in [2.24, 2.45) is 17.3 Å². The zero-order chi connectivity index (χ0) is 20.8. The molecule has 3 rings (SSSR count). The number of aliphatic hydroxyl groups is 1. The summed E-state index contributed by atoms with van der Waals surface area (Å²) in [4.78, 5) is 38.8. The average molecular weight is 395 g/mol. The number of ether oxygens (including phenoxy) is 3. The SMILES string of the molecule is CO[C@H]1CCC[C@H]2C1=C(C(=O)OCOC(=O)C(C)(C)C)N1C(=O)[C@H](C(C)O)[C@@H]21. The van der Waals surface area contributed by atoms with Crippen LogP contribution in [0.15, 0.2) is 11.3 Å². The molecule has 1 saturated heterocycles. The molecule has 1 saturated carbocycles. The first-order valence-electron chi connectivity index (χ1n) is 9.72. The van der Waals surface area contributed by atoms with Gasteiger partial charge in [-0.2, -0.15) is 0 Å². The Balaban J connectivity index is 1.81. The summed E-state index contributed by atoms with van der Waals surface area (Å²) < 4.78 is 15.8. The van der Waals surface area contributed by atoms with E-state index in [1.165, 1.54) is 4.90 Å². The topological polar surface area (TPSA) is 102 Å². The van der Waals surface area contributed by atoms with Crippen LogP contribution in [-0.2, 0) is 28.6 Å². The second kappa shape index (κ2) is 7.48. The van der Waals surface area contributed by atoms with Gasteiger partial charge >= 0.3 is 11.9 Å². The minimum atomic E-state index is -0.791. The fourth-order valence-corrected chi connectivity index (χ4v) is 4.49. The Labute approximate surface area is 164 Å². The number of amides is 1. The number of carbonyl (C=O) groups excluding carboxylic acids is 3. The van der Waals surface area contributed by atoms with E-state index in [0.717, 1.165) is 24.8 Å². The third kappa shape index (κ3) is 3.33. The van der Waals surface area contributed by atoms with Gasteiger partial charge in [0.2, 0.25) is 12.7 Å². The van der Waals surface area contributed by atoms with Gasteiger partial charge in [0.25, 0.3) is 0 Å². The number of nitrogens with zero attached hydrogens (tertiary/aromatic N) is 1. The van der Waals surface area contributed by atoms with Crippen molar-refractivity contribution in [3.63, 3.8) is 0 Å². The normalized spacial score (nSPS) is 30.4. The highest BCUT2D eigenvalue weighted by atomic mass is 16.7. The molecule has 28 heavy (non-hydrogen) atoms. The first-order valence-corrected chi connectivity index (χ1v) is 9.72. The number of hydrogen-bond acceptors (Lipinski definition) is 7.